The van der Waals surface area contributed by atoms with Gasteiger partial charge in [-0.25, -0.2) is 4.79 Å². The Kier molecular flexibility index (Phi) is 6.58. The number of hydrogen-bond acceptors (Lipinski definition) is 2. The molecule has 0 aromatic heterocycles. The molecule has 0 aliphatic carbocycles. The molecule has 0 atom stereocenters. The molecule has 1 heterocycles. The van der Waals surface area contributed by atoms with Crippen LogP contribution in [0.2, 0.25) is 10.0 Å². The van der Waals surface area contributed by atoms with Crippen LogP contribution in [0.1, 0.15) is 18.4 Å². The number of carbonyl (C=O) groups excluding carboxylic acids is 2. The molecule has 2 N–H and O–H groups in total. The van der Waals surface area contributed by atoms with E-state index in [1.807, 2.05) is 30.3 Å². The monoisotopic (exact) mass is 405 g/mol. The molecule has 0 radical (unpaired) electrons. The zero-order valence-corrected chi connectivity index (χ0v) is 16.3. The highest BCUT2D eigenvalue weighted by atomic mass is 35.5. The molecule has 3 amide bonds. The first kappa shape index (κ1) is 19.5. The second-order valence-corrected chi connectivity index (χ2v) is 7.35. The van der Waals surface area contributed by atoms with Crippen molar-refractivity contribution in [2.45, 2.75) is 19.4 Å². The molecule has 7 heteroatoms. The van der Waals surface area contributed by atoms with Crippen molar-refractivity contribution >= 4 is 40.8 Å². The van der Waals surface area contributed by atoms with E-state index >= 15 is 0 Å². The summed E-state index contributed by atoms with van der Waals surface area (Å²) in [7, 11) is 0. The number of urea groups is 1. The summed E-state index contributed by atoms with van der Waals surface area (Å²) in [5.74, 6) is -0.0748. The lowest BCUT2D eigenvalue weighted by Crippen LogP contribution is -2.45. The van der Waals surface area contributed by atoms with Gasteiger partial charge in [-0.15, -0.1) is 0 Å². The number of nitrogens with one attached hydrogen (secondary N) is 2. The van der Waals surface area contributed by atoms with Crippen molar-refractivity contribution in [3.63, 3.8) is 0 Å². The summed E-state index contributed by atoms with van der Waals surface area (Å²) < 4.78 is 0. The van der Waals surface area contributed by atoms with Crippen LogP contribution in [0.15, 0.2) is 48.5 Å². The van der Waals surface area contributed by atoms with Gasteiger partial charge in [0.15, 0.2) is 0 Å². The van der Waals surface area contributed by atoms with Crippen LogP contribution in [0.5, 0.6) is 0 Å². The summed E-state index contributed by atoms with van der Waals surface area (Å²) in [6.07, 6.45) is 1.29. The van der Waals surface area contributed by atoms with Crippen molar-refractivity contribution < 1.29 is 9.59 Å². The molecule has 0 saturated carbocycles. The van der Waals surface area contributed by atoms with Crippen LogP contribution in [0.3, 0.4) is 0 Å². The molecule has 0 bridgehead atoms. The molecule has 2 aromatic carbocycles. The Bertz CT molecular complexity index is 806. The molecule has 142 valence electrons. The number of halogens is 2. The second kappa shape index (κ2) is 9.11. The number of rotatable bonds is 4. The molecule has 1 fully saturated rings. The van der Waals surface area contributed by atoms with Crippen LogP contribution >= 0.6 is 23.2 Å². The van der Waals surface area contributed by atoms with E-state index in [-0.39, 0.29) is 17.9 Å². The summed E-state index contributed by atoms with van der Waals surface area (Å²) in [6.45, 7) is 1.43. The Hall–Kier alpha value is -2.24. The molecule has 27 heavy (non-hydrogen) atoms. The molecule has 1 saturated heterocycles. The van der Waals surface area contributed by atoms with E-state index in [4.69, 9.17) is 23.2 Å². The maximum absolute atomic E-state index is 12.4. The van der Waals surface area contributed by atoms with E-state index in [9.17, 15) is 9.59 Å². The van der Waals surface area contributed by atoms with E-state index in [2.05, 4.69) is 10.6 Å². The number of anilines is 1. The standard InChI is InChI=1S/C20H21Cl2N3O2/c21-16-7-6-15(18(22)12-16)13-23-20(27)25-10-8-14(9-11-25)19(26)24-17-4-2-1-3-5-17/h1-7,12,14H,8-11,13H2,(H,23,27)(H,24,26). The average molecular weight is 406 g/mol. The first-order chi connectivity index (χ1) is 13.0. The van der Waals surface area contributed by atoms with Crippen molar-refractivity contribution in [1.82, 2.24) is 10.2 Å². The van der Waals surface area contributed by atoms with Crippen molar-refractivity contribution in [3.8, 4) is 0 Å². The molecule has 1 aliphatic heterocycles. The predicted octanol–water partition coefficient (Wildman–Crippen LogP) is 4.55. The third kappa shape index (κ3) is 5.37. The Morgan fingerprint density at radius 1 is 1.04 bits per heavy atom. The van der Waals surface area contributed by atoms with E-state index in [1.54, 1.807) is 23.1 Å². The number of amides is 3. The van der Waals surface area contributed by atoms with Gasteiger partial charge < -0.3 is 15.5 Å². The van der Waals surface area contributed by atoms with Gasteiger partial charge >= 0.3 is 6.03 Å². The third-order valence-corrected chi connectivity index (χ3v) is 5.23. The normalized spacial score (nSPS) is 14.7. The van der Waals surface area contributed by atoms with Crippen LogP contribution < -0.4 is 10.6 Å². The highest BCUT2D eigenvalue weighted by Crippen LogP contribution is 2.22. The third-order valence-electron chi connectivity index (χ3n) is 4.64. The van der Waals surface area contributed by atoms with E-state index in [1.165, 1.54) is 0 Å². The van der Waals surface area contributed by atoms with Crippen molar-refractivity contribution in [2.24, 2.45) is 5.92 Å². The Labute approximate surface area is 168 Å². The van der Waals surface area contributed by atoms with Gasteiger partial charge in [0.2, 0.25) is 5.91 Å². The van der Waals surface area contributed by atoms with Gasteiger partial charge in [-0.1, -0.05) is 47.5 Å². The lowest BCUT2D eigenvalue weighted by Gasteiger charge is -2.31. The van der Waals surface area contributed by atoms with Gasteiger partial charge in [-0.05, 0) is 42.7 Å². The minimum absolute atomic E-state index is 0.00852. The fourth-order valence-corrected chi connectivity index (χ4v) is 3.53. The van der Waals surface area contributed by atoms with E-state index in [0.29, 0.717) is 42.5 Å². The fourth-order valence-electron chi connectivity index (χ4n) is 3.06. The highest BCUT2D eigenvalue weighted by molar-refractivity contribution is 6.35. The number of carbonyl (C=O) groups is 2. The summed E-state index contributed by atoms with van der Waals surface area (Å²) in [5, 5.41) is 6.89. The van der Waals surface area contributed by atoms with Crippen LogP contribution in [0, 0.1) is 5.92 Å². The molecular weight excluding hydrogens is 385 g/mol. The molecule has 1 aliphatic rings. The number of piperidine rings is 1. The zero-order chi connectivity index (χ0) is 19.2. The molecule has 0 spiro atoms. The van der Waals surface area contributed by atoms with Gasteiger partial charge in [-0.2, -0.15) is 0 Å². The van der Waals surface area contributed by atoms with Crippen LogP contribution in [-0.2, 0) is 11.3 Å². The number of likely N-dealkylation sites (tertiary alicyclic amines) is 1. The maximum atomic E-state index is 12.4. The van der Waals surface area contributed by atoms with Crippen LogP contribution in [0.25, 0.3) is 0 Å². The quantitative estimate of drug-likeness (QED) is 0.783. The molecule has 2 aromatic rings. The number of para-hydroxylation sites is 1. The number of hydrogen-bond donors (Lipinski definition) is 2. The highest BCUT2D eigenvalue weighted by Gasteiger charge is 2.27. The fraction of sp³-hybridized carbons (Fsp3) is 0.300. The van der Waals surface area contributed by atoms with Crippen LogP contribution in [0.4, 0.5) is 10.5 Å². The Balaban J connectivity index is 1.45. The molecule has 3 rings (SSSR count). The summed E-state index contributed by atoms with van der Waals surface area (Å²) >= 11 is 12.0. The number of benzene rings is 2. The summed E-state index contributed by atoms with van der Waals surface area (Å²) in [6, 6.07) is 14.4. The maximum Gasteiger partial charge on any atom is 0.317 e. The molecular formula is C20H21Cl2N3O2. The van der Waals surface area contributed by atoms with Crippen LogP contribution in [-0.4, -0.2) is 29.9 Å². The van der Waals surface area contributed by atoms with Crippen molar-refractivity contribution in [2.75, 3.05) is 18.4 Å². The summed E-state index contributed by atoms with van der Waals surface area (Å²) in [4.78, 5) is 26.5. The largest absolute Gasteiger partial charge is 0.334 e. The van der Waals surface area contributed by atoms with Gasteiger partial charge in [0, 0.05) is 41.3 Å². The molecule has 0 unspecified atom stereocenters. The summed E-state index contributed by atoms with van der Waals surface area (Å²) in [5.41, 5.74) is 1.61. The van der Waals surface area contributed by atoms with Gasteiger partial charge in [0.05, 0.1) is 0 Å². The minimum Gasteiger partial charge on any atom is -0.334 e. The Morgan fingerprint density at radius 3 is 2.41 bits per heavy atom. The lowest BCUT2D eigenvalue weighted by atomic mass is 9.96. The van der Waals surface area contributed by atoms with Gasteiger partial charge in [0.25, 0.3) is 0 Å². The number of nitrogens with zero attached hydrogens (tertiary/aromatic N) is 1. The minimum atomic E-state index is -0.150. The van der Waals surface area contributed by atoms with E-state index in [0.717, 1.165) is 11.3 Å². The van der Waals surface area contributed by atoms with Crippen molar-refractivity contribution in [3.05, 3.63) is 64.1 Å². The second-order valence-electron chi connectivity index (χ2n) is 6.51. The SMILES string of the molecule is O=C(Nc1ccccc1)C1CCN(C(=O)NCc2ccc(Cl)cc2Cl)CC1. The average Bonchev–Trinajstić information content (AvgIpc) is 2.68. The lowest BCUT2D eigenvalue weighted by molar-refractivity contribution is -0.121. The smallest absolute Gasteiger partial charge is 0.317 e. The van der Waals surface area contributed by atoms with Crippen molar-refractivity contribution in [1.29, 1.82) is 0 Å². The van der Waals surface area contributed by atoms with Gasteiger partial charge in [-0.3, -0.25) is 4.79 Å². The van der Waals surface area contributed by atoms with E-state index < -0.39 is 0 Å². The zero-order valence-electron chi connectivity index (χ0n) is 14.8. The topological polar surface area (TPSA) is 61.4 Å². The first-order valence-corrected chi connectivity index (χ1v) is 9.61. The predicted molar refractivity (Wildman–Crippen MR) is 108 cm³/mol. The first-order valence-electron chi connectivity index (χ1n) is 8.85. The Morgan fingerprint density at radius 2 is 1.74 bits per heavy atom. The van der Waals surface area contributed by atoms with Gasteiger partial charge in [0.1, 0.15) is 0 Å². The molecule has 5 nitrogen and oxygen atoms in total.